The van der Waals surface area contributed by atoms with E-state index in [2.05, 4.69) is 0 Å². The van der Waals surface area contributed by atoms with Crippen LogP contribution in [-0.4, -0.2) is 31.8 Å². The summed E-state index contributed by atoms with van der Waals surface area (Å²) in [4.78, 5) is 23.9. The first kappa shape index (κ1) is 19.6. The number of rotatable bonds is 5. The number of methoxy groups -OCH3 is 1. The molecule has 0 N–H and O–H groups in total. The third-order valence-corrected chi connectivity index (χ3v) is 6.56. The van der Waals surface area contributed by atoms with E-state index in [4.69, 9.17) is 4.74 Å². The van der Waals surface area contributed by atoms with Gasteiger partial charge in [0.05, 0.1) is 17.5 Å². The van der Waals surface area contributed by atoms with E-state index in [1.54, 1.807) is 66.7 Å². The van der Waals surface area contributed by atoms with Crippen LogP contribution in [0.25, 0.3) is 22.0 Å². The SMILES string of the molecule is COC(=O)c1c(-c2ccc(C=O)cc2)c2ccccc2n1S(=O)(=O)c1ccccc1. The van der Waals surface area contributed by atoms with Crippen LogP contribution in [0.1, 0.15) is 20.8 Å². The lowest BCUT2D eigenvalue weighted by Gasteiger charge is -2.12. The van der Waals surface area contributed by atoms with Gasteiger partial charge in [-0.15, -0.1) is 0 Å². The number of carbonyl (C=O) groups is 2. The van der Waals surface area contributed by atoms with Crippen molar-refractivity contribution >= 4 is 33.2 Å². The second-order valence-electron chi connectivity index (χ2n) is 6.55. The maximum absolute atomic E-state index is 13.5. The van der Waals surface area contributed by atoms with Crippen LogP contribution < -0.4 is 0 Å². The summed E-state index contributed by atoms with van der Waals surface area (Å²) in [5.41, 5.74) is 1.75. The predicted molar refractivity (Wildman–Crippen MR) is 113 cm³/mol. The number of aldehydes is 1. The number of hydrogen-bond acceptors (Lipinski definition) is 5. The van der Waals surface area contributed by atoms with Gasteiger partial charge in [0.1, 0.15) is 6.29 Å². The summed E-state index contributed by atoms with van der Waals surface area (Å²) in [6, 6.07) is 21.4. The molecule has 0 aliphatic carbocycles. The fourth-order valence-corrected chi connectivity index (χ4v) is 5.00. The summed E-state index contributed by atoms with van der Waals surface area (Å²) in [5.74, 6) is -0.778. The highest BCUT2D eigenvalue weighted by atomic mass is 32.2. The molecule has 1 aromatic heterocycles. The van der Waals surface area contributed by atoms with E-state index >= 15 is 0 Å². The van der Waals surface area contributed by atoms with Crippen molar-refractivity contribution in [2.45, 2.75) is 4.90 Å². The van der Waals surface area contributed by atoms with Gasteiger partial charge in [-0.05, 0) is 23.8 Å². The van der Waals surface area contributed by atoms with Crippen molar-refractivity contribution in [3.05, 3.63) is 90.1 Å². The van der Waals surface area contributed by atoms with Gasteiger partial charge in [0.25, 0.3) is 10.0 Å². The van der Waals surface area contributed by atoms with Gasteiger partial charge < -0.3 is 4.74 Å². The number of carbonyl (C=O) groups excluding carboxylic acids is 2. The summed E-state index contributed by atoms with van der Waals surface area (Å²) in [5, 5.41) is 0.580. The van der Waals surface area contributed by atoms with E-state index in [-0.39, 0.29) is 10.6 Å². The molecule has 0 spiro atoms. The van der Waals surface area contributed by atoms with Gasteiger partial charge in [-0.1, -0.05) is 60.7 Å². The highest BCUT2D eigenvalue weighted by Gasteiger charge is 2.31. The fraction of sp³-hybridized carbons (Fsp3) is 0.0435. The molecule has 0 fully saturated rings. The van der Waals surface area contributed by atoms with Gasteiger partial charge >= 0.3 is 5.97 Å². The van der Waals surface area contributed by atoms with Crippen LogP contribution in [0.2, 0.25) is 0 Å². The first-order valence-electron chi connectivity index (χ1n) is 9.07. The quantitative estimate of drug-likeness (QED) is 0.359. The number of nitrogens with zero attached hydrogens (tertiary/aromatic N) is 1. The lowest BCUT2D eigenvalue weighted by molar-refractivity contribution is 0.0594. The number of ether oxygens (including phenoxy) is 1. The molecule has 0 aliphatic heterocycles. The second-order valence-corrected chi connectivity index (χ2v) is 8.34. The lowest BCUT2D eigenvalue weighted by atomic mass is 10.0. The van der Waals surface area contributed by atoms with Crippen LogP contribution in [0.5, 0.6) is 0 Å². The first-order valence-corrected chi connectivity index (χ1v) is 10.5. The normalized spacial score (nSPS) is 11.4. The van der Waals surface area contributed by atoms with Crippen LogP contribution in [0.15, 0.2) is 83.8 Å². The molecule has 0 saturated heterocycles. The second kappa shape index (κ2) is 7.61. The Morgan fingerprint density at radius 3 is 2.17 bits per heavy atom. The van der Waals surface area contributed by atoms with Crippen molar-refractivity contribution in [3.63, 3.8) is 0 Å². The van der Waals surface area contributed by atoms with Crippen molar-refractivity contribution in [1.29, 1.82) is 0 Å². The number of para-hydroxylation sites is 1. The van der Waals surface area contributed by atoms with Crippen LogP contribution in [0, 0.1) is 0 Å². The zero-order valence-electron chi connectivity index (χ0n) is 16.0. The van der Waals surface area contributed by atoms with Gasteiger partial charge in [0, 0.05) is 16.5 Å². The molecule has 150 valence electrons. The van der Waals surface area contributed by atoms with E-state index in [1.165, 1.54) is 19.2 Å². The van der Waals surface area contributed by atoms with Crippen molar-refractivity contribution in [3.8, 4) is 11.1 Å². The van der Waals surface area contributed by atoms with E-state index < -0.39 is 16.0 Å². The Morgan fingerprint density at radius 2 is 1.53 bits per heavy atom. The number of fused-ring (bicyclic) bond motifs is 1. The van der Waals surface area contributed by atoms with E-state index in [1.807, 2.05) is 0 Å². The van der Waals surface area contributed by atoms with Crippen molar-refractivity contribution < 1.29 is 22.7 Å². The number of hydrogen-bond donors (Lipinski definition) is 0. The highest BCUT2D eigenvalue weighted by Crippen LogP contribution is 2.37. The van der Waals surface area contributed by atoms with Gasteiger partial charge in [-0.2, -0.15) is 0 Å². The molecule has 0 atom stereocenters. The minimum absolute atomic E-state index is 0.0544. The average Bonchev–Trinajstić information content (AvgIpc) is 3.15. The smallest absolute Gasteiger partial charge is 0.356 e. The molecule has 0 radical (unpaired) electrons. The monoisotopic (exact) mass is 419 g/mol. The molecule has 30 heavy (non-hydrogen) atoms. The summed E-state index contributed by atoms with van der Waals surface area (Å²) < 4.78 is 33.1. The van der Waals surface area contributed by atoms with Crippen molar-refractivity contribution in [2.75, 3.05) is 7.11 Å². The molecule has 0 amide bonds. The first-order chi connectivity index (χ1) is 14.5. The predicted octanol–water partition coefficient (Wildman–Crippen LogP) is 4.14. The molecule has 0 saturated carbocycles. The largest absolute Gasteiger partial charge is 0.464 e. The van der Waals surface area contributed by atoms with Crippen molar-refractivity contribution in [1.82, 2.24) is 3.97 Å². The molecular formula is C23H17NO5S. The van der Waals surface area contributed by atoms with Crippen LogP contribution in [0.4, 0.5) is 0 Å². The molecule has 4 rings (SSSR count). The maximum atomic E-state index is 13.5. The Hall–Kier alpha value is -3.71. The highest BCUT2D eigenvalue weighted by molar-refractivity contribution is 7.90. The summed E-state index contributed by atoms with van der Waals surface area (Å²) in [6.45, 7) is 0. The molecule has 7 heteroatoms. The van der Waals surface area contributed by atoms with E-state index in [0.29, 0.717) is 33.9 Å². The molecular weight excluding hydrogens is 402 g/mol. The average molecular weight is 419 g/mol. The molecule has 6 nitrogen and oxygen atoms in total. The zero-order chi connectivity index (χ0) is 21.3. The Morgan fingerprint density at radius 1 is 0.900 bits per heavy atom. The Bertz CT molecular complexity index is 1350. The topological polar surface area (TPSA) is 82.4 Å². The molecule has 3 aromatic carbocycles. The summed E-state index contributed by atoms with van der Waals surface area (Å²) in [7, 11) is -2.88. The van der Waals surface area contributed by atoms with Crippen LogP contribution in [-0.2, 0) is 14.8 Å². The van der Waals surface area contributed by atoms with E-state index in [9.17, 15) is 18.0 Å². The number of benzene rings is 3. The third kappa shape index (κ3) is 3.09. The van der Waals surface area contributed by atoms with Crippen LogP contribution >= 0.6 is 0 Å². The minimum atomic E-state index is -4.09. The lowest BCUT2D eigenvalue weighted by Crippen LogP contribution is -2.19. The molecule has 1 heterocycles. The molecule has 0 bridgehead atoms. The fourth-order valence-electron chi connectivity index (χ4n) is 3.46. The zero-order valence-corrected chi connectivity index (χ0v) is 16.8. The van der Waals surface area contributed by atoms with Crippen LogP contribution in [0.3, 0.4) is 0 Å². The molecule has 0 unspecified atom stereocenters. The van der Waals surface area contributed by atoms with E-state index in [0.717, 1.165) is 3.97 Å². The number of esters is 1. The van der Waals surface area contributed by atoms with Gasteiger partial charge in [-0.25, -0.2) is 17.2 Å². The Balaban J connectivity index is 2.13. The minimum Gasteiger partial charge on any atom is -0.464 e. The molecule has 4 aromatic rings. The van der Waals surface area contributed by atoms with Gasteiger partial charge in [0.15, 0.2) is 5.69 Å². The van der Waals surface area contributed by atoms with Crippen molar-refractivity contribution in [2.24, 2.45) is 0 Å². The molecule has 0 aliphatic rings. The third-order valence-electron chi connectivity index (χ3n) is 4.83. The van der Waals surface area contributed by atoms with Gasteiger partial charge in [0.2, 0.25) is 0 Å². The summed E-state index contributed by atoms with van der Waals surface area (Å²) in [6.07, 6.45) is 0.716. The Kier molecular flexibility index (Phi) is 4.97. The standard InChI is InChI=1S/C23H17NO5S/c1-29-23(26)22-21(17-13-11-16(15-25)12-14-17)19-9-5-6-10-20(19)24(22)30(27,28)18-7-3-2-4-8-18/h2-15H,1H3. The summed E-state index contributed by atoms with van der Waals surface area (Å²) >= 11 is 0. The van der Waals surface area contributed by atoms with Gasteiger partial charge in [-0.3, -0.25) is 4.79 Å². The number of aromatic nitrogens is 1. The maximum Gasteiger partial charge on any atom is 0.356 e. The Labute approximate surface area is 173 Å².